The number of ether oxygens (including phenoxy) is 1. The van der Waals surface area contributed by atoms with E-state index in [9.17, 15) is 0 Å². The van der Waals surface area contributed by atoms with Gasteiger partial charge >= 0.3 is 0 Å². The first-order valence-corrected chi connectivity index (χ1v) is 16.0. The molecule has 0 radical (unpaired) electrons. The molecule has 1 aromatic heterocycles. The van der Waals surface area contributed by atoms with Crippen LogP contribution in [0.1, 0.15) is 23.6 Å². The number of aromatic nitrogens is 2. The molecule has 0 fully saturated rings. The zero-order valence-electron chi connectivity index (χ0n) is 26.8. The van der Waals surface area contributed by atoms with Crippen molar-refractivity contribution in [3.05, 3.63) is 182 Å². The molecule has 2 heterocycles. The molecular formula is C42H32N5OPt-3. The first-order valence-electron chi connectivity index (χ1n) is 16.0. The minimum atomic E-state index is 0. The quantitative estimate of drug-likeness (QED) is 0.144. The van der Waals surface area contributed by atoms with Crippen LogP contribution in [0.2, 0.25) is 0 Å². The Hall–Kier alpha value is -5.45. The first-order chi connectivity index (χ1) is 23.7. The molecule has 1 aliphatic heterocycles. The van der Waals surface area contributed by atoms with Crippen LogP contribution >= 0.6 is 0 Å². The molecule has 49 heavy (non-hydrogen) atoms. The number of allylic oxidation sites excluding steroid dienone is 4. The third kappa shape index (κ3) is 6.65. The van der Waals surface area contributed by atoms with E-state index in [2.05, 4.69) is 101 Å². The van der Waals surface area contributed by atoms with Crippen LogP contribution in [0.5, 0.6) is 11.5 Å². The molecule has 5 aromatic carbocycles. The molecule has 244 valence electrons. The Kier molecular flexibility index (Phi) is 9.40. The van der Waals surface area contributed by atoms with E-state index in [0.717, 1.165) is 57.5 Å². The number of para-hydroxylation sites is 1. The van der Waals surface area contributed by atoms with Crippen LogP contribution in [0.25, 0.3) is 22.6 Å². The summed E-state index contributed by atoms with van der Waals surface area (Å²) in [6, 6.07) is 49.5. The molecule has 7 heteroatoms. The van der Waals surface area contributed by atoms with E-state index in [1.165, 1.54) is 0 Å². The van der Waals surface area contributed by atoms with Gasteiger partial charge in [-0.1, -0.05) is 115 Å². The summed E-state index contributed by atoms with van der Waals surface area (Å²) in [6.45, 7) is 1.97. The Labute approximate surface area is 301 Å². The summed E-state index contributed by atoms with van der Waals surface area (Å²) in [5.74, 6) is 3.01. The van der Waals surface area contributed by atoms with Gasteiger partial charge in [-0.05, 0) is 24.1 Å². The molecule has 6 aromatic rings. The summed E-state index contributed by atoms with van der Waals surface area (Å²) < 4.78 is 8.54. The number of rotatable bonds is 8. The van der Waals surface area contributed by atoms with Crippen molar-refractivity contribution in [3.63, 3.8) is 0 Å². The van der Waals surface area contributed by atoms with E-state index >= 15 is 0 Å². The Bertz CT molecular complexity index is 2140. The second kappa shape index (κ2) is 14.3. The third-order valence-corrected chi connectivity index (χ3v) is 8.45. The molecule has 0 amide bonds. The summed E-state index contributed by atoms with van der Waals surface area (Å²) >= 11 is 0. The molecular weight excluding hydrogens is 786 g/mol. The molecule has 8 rings (SSSR count). The van der Waals surface area contributed by atoms with Gasteiger partial charge in [-0.15, -0.1) is 48.6 Å². The molecule has 0 N–H and O–H groups in total. The Morgan fingerprint density at radius 3 is 2.12 bits per heavy atom. The van der Waals surface area contributed by atoms with Crippen LogP contribution in [-0.2, 0) is 28.1 Å². The molecule has 0 spiro atoms. The fourth-order valence-electron chi connectivity index (χ4n) is 6.14. The van der Waals surface area contributed by atoms with Gasteiger partial charge in [-0.25, -0.2) is 0 Å². The number of hydrogen-bond donors (Lipinski definition) is 0. The van der Waals surface area contributed by atoms with E-state index < -0.39 is 0 Å². The normalized spacial score (nSPS) is 15.2. The summed E-state index contributed by atoms with van der Waals surface area (Å²) in [6.07, 6.45) is 9.55. The molecule has 1 atom stereocenters. The van der Waals surface area contributed by atoms with Gasteiger partial charge in [0.1, 0.15) is 5.84 Å². The molecule has 2 aliphatic rings. The monoisotopic (exact) mass is 817 g/mol. The summed E-state index contributed by atoms with van der Waals surface area (Å²) in [5.41, 5.74) is 6.95. The van der Waals surface area contributed by atoms with Crippen LogP contribution in [-0.4, -0.2) is 15.4 Å². The largest absolute Gasteiger partial charge is 0.503 e. The first kappa shape index (κ1) is 32.1. The van der Waals surface area contributed by atoms with Crippen LogP contribution in [0.3, 0.4) is 0 Å². The van der Waals surface area contributed by atoms with Gasteiger partial charge in [0, 0.05) is 56.8 Å². The minimum absolute atomic E-state index is 0. The molecule has 0 unspecified atom stereocenters. The fraction of sp³-hybridized carbons (Fsp3) is 0.0714. The van der Waals surface area contributed by atoms with Gasteiger partial charge in [0.25, 0.3) is 0 Å². The number of hydrazone groups is 1. The standard InChI is InChI=1S/C42H32N5O.Pt/c1-45-40(32-18-8-3-9-19-32)39(31-16-6-2-7-17-31)43-41(45)34-22-14-26-37(28-34)48-38-27-15-25-36(29-38)47-30-46(35-23-12-5-13-24-35)42(44-47)33-20-10-4-11-21-33;/h2-16,18-27,30-31H,17H2,1H3;/q-3;/t31-;/m1./s1. The smallest absolute Gasteiger partial charge is 0.129 e. The van der Waals surface area contributed by atoms with E-state index in [1.54, 1.807) is 0 Å². The van der Waals surface area contributed by atoms with Gasteiger partial charge in [0.05, 0.1) is 17.2 Å². The van der Waals surface area contributed by atoms with Gasteiger partial charge < -0.3 is 19.2 Å². The topological polar surface area (TPSA) is 45.9 Å². The third-order valence-electron chi connectivity index (χ3n) is 8.45. The number of benzene rings is 5. The van der Waals surface area contributed by atoms with Crippen molar-refractivity contribution >= 4 is 17.2 Å². The maximum atomic E-state index is 6.37. The molecule has 0 bridgehead atoms. The van der Waals surface area contributed by atoms with Crippen molar-refractivity contribution in [2.75, 3.05) is 9.91 Å². The summed E-state index contributed by atoms with van der Waals surface area (Å²) in [5, 5.41) is 6.81. The number of nitrogens with zero attached hydrogens (tertiary/aromatic N) is 5. The average Bonchev–Trinajstić information content (AvgIpc) is 3.76. The zero-order valence-corrected chi connectivity index (χ0v) is 29.0. The van der Waals surface area contributed by atoms with Crippen LogP contribution < -0.4 is 14.6 Å². The maximum absolute atomic E-state index is 6.37. The van der Waals surface area contributed by atoms with E-state index in [-0.39, 0.29) is 27.0 Å². The average molecular weight is 818 g/mol. The van der Waals surface area contributed by atoms with Gasteiger partial charge in [0.2, 0.25) is 0 Å². The van der Waals surface area contributed by atoms with Gasteiger partial charge in [0.15, 0.2) is 0 Å². The van der Waals surface area contributed by atoms with Gasteiger partial charge in [-0.3, -0.25) is 4.98 Å². The number of amidine groups is 1. The number of hydrogen-bond acceptors (Lipinski definition) is 5. The van der Waals surface area contributed by atoms with E-state index in [4.69, 9.17) is 14.8 Å². The summed E-state index contributed by atoms with van der Waals surface area (Å²) in [7, 11) is 2.07. The van der Waals surface area contributed by atoms with E-state index in [1.807, 2.05) is 90.5 Å². The molecule has 6 nitrogen and oxygen atoms in total. The predicted octanol–water partition coefficient (Wildman–Crippen LogP) is 9.55. The zero-order chi connectivity index (χ0) is 32.3. The van der Waals surface area contributed by atoms with Crippen molar-refractivity contribution < 1.29 is 25.8 Å². The Morgan fingerprint density at radius 2 is 1.41 bits per heavy atom. The molecule has 0 saturated heterocycles. The summed E-state index contributed by atoms with van der Waals surface area (Å²) in [4.78, 5) is 7.29. The van der Waals surface area contributed by atoms with Crippen molar-refractivity contribution in [1.82, 2.24) is 9.55 Å². The van der Waals surface area contributed by atoms with Crippen LogP contribution in [0.15, 0.2) is 157 Å². The molecule has 0 saturated carbocycles. The fourth-order valence-corrected chi connectivity index (χ4v) is 6.14. The van der Waals surface area contributed by atoms with Crippen LogP contribution in [0, 0.1) is 18.8 Å². The van der Waals surface area contributed by atoms with E-state index in [0.29, 0.717) is 11.5 Å². The number of anilines is 2. The SMILES string of the molecule is Cn1c(-c2[c-]c(Oc3[c-]c(N4[CH-]N(c5ccccc5)C(c5ccccc5)=N4)ccc3)ccc2)nc([C@@H]2C=CC=CC2)c1-c1ccccc1.[Pt]. The van der Waals surface area contributed by atoms with Crippen molar-refractivity contribution in [2.24, 2.45) is 12.1 Å². The van der Waals surface area contributed by atoms with Crippen LogP contribution in [0.4, 0.5) is 11.4 Å². The van der Waals surface area contributed by atoms with Crippen molar-refractivity contribution in [1.29, 1.82) is 0 Å². The van der Waals surface area contributed by atoms with Gasteiger partial charge in [-0.2, -0.15) is 11.2 Å². The second-order valence-corrected chi connectivity index (χ2v) is 11.6. The Balaban J connectivity index is 0.00000378. The maximum Gasteiger partial charge on any atom is 0.129 e. The van der Waals surface area contributed by atoms with Crippen molar-refractivity contribution in [3.8, 4) is 34.1 Å². The minimum Gasteiger partial charge on any atom is -0.503 e. The predicted molar refractivity (Wildman–Crippen MR) is 193 cm³/mol. The second-order valence-electron chi connectivity index (χ2n) is 11.6. The Morgan fingerprint density at radius 1 is 0.735 bits per heavy atom. The number of imidazole rings is 1. The van der Waals surface area contributed by atoms with Crippen molar-refractivity contribution in [2.45, 2.75) is 12.3 Å². The molecule has 1 aliphatic carbocycles.